The van der Waals surface area contributed by atoms with Crippen LogP contribution in [0.1, 0.15) is 18.1 Å². The first kappa shape index (κ1) is 11.7. The third-order valence-corrected chi connectivity index (χ3v) is 2.91. The molecule has 0 atom stereocenters. The van der Waals surface area contributed by atoms with Crippen molar-refractivity contribution < 1.29 is 4.74 Å². The molecule has 4 heteroatoms. The van der Waals surface area contributed by atoms with Crippen molar-refractivity contribution in [2.24, 2.45) is 5.84 Å². The Kier molecular flexibility index (Phi) is 3.15. The number of nitrogens with zero attached hydrogens (tertiary/aromatic N) is 1. The average molecular weight is 231 g/mol. The Morgan fingerprint density at radius 3 is 2.71 bits per heavy atom. The summed E-state index contributed by atoms with van der Waals surface area (Å²) in [5.41, 5.74) is 5.79. The number of hydrogen-bond acceptors (Lipinski definition) is 4. The molecular formula is C13H17N3O. The second-order valence-corrected chi connectivity index (χ2v) is 4.01. The quantitative estimate of drug-likeness (QED) is 0.629. The highest BCUT2D eigenvalue weighted by Crippen LogP contribution is 2.27. The molecule has 17 heavy (non-hydrogen) atoms. The second kappa shape index (κ2) is 4.59. The van der Waals surface area contributed by atoms with E-state index in [0.29, 0.717) is 0 Å². The van der Waals surface area contributed by atoms with Crippen LogP contribution in [-0.4, -0.2) is 12.1 Å². The fraction of sp³-hybridized carbons (Fsp3) is 0.308. The fourth-order valence-electron chi connectivity index (χ4n) is 1.99. The Labute approximate surface area is 101 Å². The number of nitrogens with two attached hydrogens (primary N) is 1. The van der Waals surface area contributed by atoms with Crippen LogP contribution in [0.5, 0.6) is 5.75 Å². The maximum atomic E-state index is 5.49. The van der Waals surface area contributed by atoms with Gasteiger partial charge in [0, 0.05) is 5.39 Å². The molecule has 0 fully saturated rings. The van der Waals surface area contributed by atoms with Crippen LogP contribution < -0.4 is 16.0 Å². The summed E-state index contributed by atoms with van der Waals surface area (Å²) in [6, 6.07) is 6.07. The van der Waals surface area contributed by atoms with E-state index in [-0.39, 0.29) is 0 Å². The molecule has 0 bridgehead atoms. The Bertz CT molecular complexity index is 552. The number of nitrogen functional groups attached to an aromatic ring is 1. The van der Waals surface area contributed by atoms with E-state index >= 15 is 0 Å². The van der Waals surface area contributed by atoms with Crippen LogP contribution in [0.4, 0.5) is 5.82 Å². The number of aryl methyl sites for hydroxylation is 2. The van der Waals surface area contributed by atoms with Crippen molar-refractivity contribution in [2.75, 3.05) is 12.5 Å². The van der Waals surface area contributed by atoms with Crippen molar-refractivity contribution in [3.8, 4) is 5.75 Å². The molecule has 0 aliphatic heterocycles. The van der Waals surface area contributed by atoms with Crippen molar-refractivity contribution >= 4 is 16.7 Å². The van der Waals surface area contributed by atoms with Crippen molar-refractivity contribution in [1.29, 1.82) is 0 Å². The molecule has 2 rings (SSSR count). The van der Waals surface area contributed by atoms with Gasteiger partial charge in [0.2, 0.25) is 0 Å². The lowest BCUT2D eigenvalue weighted by Gasteiger charge is -2.11. The van der Waals surface area contributed by atoms with Gasteiger partial charge in [-0.25, -0.2) is 10.8 Å². The van der Waals surface area contributed by atoms with Crippen LogP contribution >= 0.6 is 0 Å². The lowest BCUT2D eigenvalue weighted by Crippen LogP contribution is -2.11. The minimum absolute atomic E-state index is 0.744. The van der Waals surface area contributed by atoms with E-state index in [0.717, 1.165) is 40.0 Å². The maximum absolute atomic E-state index is 5.49. The molecule has 0 radical (unpaired) electrons. The van der Waals surface area contributed by atoms with Crippen molar-refractivity contribution in [2.45, 2.75) is 20.3 Å². The van der Waals surface area contributed by atoms with Gasteiger partial charge in [-0.2, -0.15) is 0 Å². The fourth-order valence-corrected chi connectivity index (χ4v) is 1.99. The first-order chi connectivity index (χ1) is 8.19. The predicted octanol–water partition coefficient (Wildman–Crippen LogP) is 2.40. The van der Waals surface area contributed by atoms with Gasteiger partial charge in [-0.1, -0.05) is 6.92 Å². The lowest BCUT2D eigenvalue weighted by atomic mass is 10.1. The van der Waals surface area contributed by atoms with Gasteiger partial charge in [-0.15, -0.1) is 0 Å². The normalized spacial score (nSPS) is 10.6. The molecule has 4 nitrogen and oxygen atoms in total. The molecule has 0 aliphatic carbocycles. The number of benzene rings is 1. The smallest absolute Gasteiger partial charge is 0.143 e. The molecule has 0 amide bonds. The highest BCUT2D eigenvalue weighted by molar-refractivity contribution is 5.86. The summed E-state index contributed by atoms with van der Waals surface area (Å²) >= 11 is 0. The van der Waals surface area contributed by atoms with E-state index in [1.54, 1.807) is 7.11 Å². The highest BCUT2D eigenvalue weighted by Gasteiger charge is 2.08. The minimum Gasteiger partial charge on any atom is -0.497 e. The van der Waals surface area contributed by atoms with Crippen LogP contribution in [0.25, 0.3) is 10.9 Å². The molecule has 0 saturated carbocycles. The summed E-state index contributed by atoms with van der Waals surface area (Å²) in [6.45, 7) is 4.10. The second-order valence-electron chi connectivity index (χ2n) is 4.01. The summed E-state index contributed by atoms with van der Waals surface area (Å²) in [4.78, 5) is 4.55. The molecule has 0 aliphatic rings. The van der Waals surface area contributed by atoms with Gasteiger partial charge in [-0.05, 0) is 42.7 Å². The summed E-state index contributed by atoms with van der Waals surface area (Å²) in [7, 11) is 1.67. The van der Waals surface area contributed by atoms with Crippen molar-refractivity contribution in [1.82, 2.24) is 4.98 Å². The van der Waals surface area contributed by atoms with E-state index in [1.807, 2.05) is 19.1 Å². The zero-order chi connectivity index (χ0) is 12.4. The number of rotatable bonds is 3. The molecule has 90 valence electrons. The van der Waals surface area contributed by atoms with Gasteiger partial charge >= 0.3 is 0 Å². The first-order valence-electron chi connectivity index (χ1n) is 5.64. The number of pyridine rings is 1. The third kappa shape index (κ3) is 2.03. The van der Waals surface area contributed by atoms with Crippen LogP contribution in [0.15, 0.2) is 18.2 Å². The van der Waals surface area contributed by atoms with Gasteiger partial charge in [0.15, 0.2) is 0 Å². The average Bonchev–Trinajstić information content (AvgIpc) is 2.36. The Hall–Kier alpha value is -1.81. The van der Waals surface area contributed by atoms with Gasteiger partial charge in [0.25, 0.3) is 0 Å². The zero-order valence-corrected chi connectivity index (χ0v) is 10.4. The molecule has 0 spiro atoms. The minimum atomic E-state index is 0.744. The molecule has 1 aromatic carbocycles. The molecule has 0 saturated heterocycles. The third-order valence-electron chi connectivity index (χ3n) is 2.91. The standard InChI is InChI=1S/C13H17N3O/c1-4-9-6-10-7-11(17-3)5-8(2)12(10)15-13(9)16-14/h5-7H,4,14H2,1-3H3,(H,15,16). The van der Waals surface area contributed by atoms with E-state index in [4.69, 9.17) is 10.6 Å². The van der Waals surface area contributed by atoms with Gasteiger partial charge in [0.1, 0.15) is 11.6 Å². The Balaban J connectivity index is 2.73. The predicted molar refractivity (Wildman–Crippen MR) is 70.2 cm³/mol. The summed E-state index contributed by atoms with van der Waals surface area (Å²) in [5.74, 6) is 7.08. The van der Waals surface area contributed by atoms with Crippen LogP contribution in [-0.2, 0) is 6.42 Å². The summed E-state index contributed by atoms with van der Waals surface area (Å²) in [6.07, 6.45) is 0.888. The highest BCUT2D eigenvalue weighted by atomic mass is 16.5. The SMILES string of the molecule is CCc1cc2cc(OC)cc(C)c2nc1NN. The van der Waals surface area contributed by atoms with E-state index in [2.05, 4.69) is 23.4 Å². The first-order valence-corrected chi connectivity index (χ1v) is 5.64. The molecular weight excluding hydrogens is 214 g/mol. The zero-order valence-electron chi connectivity index (χ0n) is 10.4. The van der Waals surface area contributed by atoms with Gasteiger partial charge in [0.05, 0.1) is 12.6 Å². The Morgan fingerprint density at radius 2 is 2.12 bits per heavy atom. The molecule has 1 aromatic heterocycles. The van der Waals surface area contributed by atoms with Gasteiger partial charge in [-0.3, -0.25) is 0 Å². The van der Waals surface area contributed by atoms with Crippen molar-refractivity contribution in [3.63, 3.8) is 0 Å². The van der Waals surface area contributed by atoms with E-state index < -0.39 is 0 Å². The molecule has 0 unspecified atom stereocenters. The van der Waals surface area contributed by atoms with Gasteiger partial charge < -0.3 is 10.2 Å². The topological polar surface area (TPSA) is 60.2 Å². The molecule has 1 heterocycles. The van der Waals surface area contributed by atoms with Crippen LogP contribution in [0, 0.1) is 6.92 Å². The lowest BCUT2D eigenvalue weighted by molar-refractivity contribution is 0.415. The number of nitrogens with one attached hydrogen (secondary N) is 1. The monoisotopic (exact) mass is 231 g/mol. The summed E-state index contributed by atoms with van der Waals surface area (Å²) < 4.78 is 5.27. The van der Waals surface area contributed by atoms with E-state index in [1.165, 1.54) is 0 Å². The number of anilines is 1. The number of aromatic nitrogens is 1. The number of methoxy groups -OCH3 is 1. The summed E-state index contributed by atoms with van der Waals surface area (Å²) in [5, 5.41) is 1.08. The van der Waals surface area contributed by atoms with E-state index in [9.17, 15) is 0 Å². The van der Waals surface area contributed by atoms with Crippen LogP contribution in [0.3, 0.4) is 0 Å². The maximum Gasteiger partial charge on any atom is 0.143 e. The number of ether oxygens (including phenoxy) is 1. The molecule has 2 aromatic rings. The molecule has 3 N–H and O–H groups in total. The van der Waals surface area contributed by atoms with Crippen LogP contribution in [0.2, 0.25) is 0 Å². The number of fused-ring (bicyclic) bond motifs is 1. The van der Waals surface area contributed by atoms with Crippen molar-refractivity contribution in [3.05, 3.63) is 29.3 Å². The largest absolute Gasteiger partial charge is 0.497 e. The number of hydrogen-bond donors (Lipinski definition) is 2. The Morgan fingerprint density at radius 1 is 1.35 bits per heavy atom. The number of hydrazine groups is 1.